The number of nitrogens with one attached hydrogen (secondary N) is 1. The van der Waals surface area contributed by atoms with Crippen LogP contribution in [0.2, 0.25) is 0 Å². The minimum Gasteiger partial charge on any atom is -0.339 e. The van der Waals surface area contributed by atoms with Crippen LogP contribution < -0.4 is 10.2 Å². The third-order valence-electron chi connectivity index (χ3n) is 5.78. The van der Waals surface area contributed by atoms with Gasteiger partial charge >= 0.3 is 0 Å². The normalized spacial score (nSPS) is 27.2. The van der Waals surface area contributed by atoms with Crippen molar-refractivity contribution < 1.29 is 9.59 Å². The summed E-state index contributed by atoms with van der Waals surface area (Å²) < 4.78 is 0. The van der Waals surface area contributed by atoms with Crippen LogP contribution in [0, 0.1) is 11.8 Å². The Morgan fingerprint density at radius 2 is 1.83 bits per heavy atom. The standard InChI is InChI=1S/C19H25N3O2/c23-18-5-2-8-22(18)17-4-1-3-14(11-17)19(24)21-9-6-15-12-20-13-16(15)7-10-21/h1,3-4,11,15-16,20H,2,5-10,12-13H2/t15-,16+. The zero-order valence-corrected chi connectivity index (χ0v) is 14.0. The van der Waals surface area contributed by atoms with Crippen molar-refractivity contribution in [2.75, 3.05) is 37.6 Å². The highest BCUT2D eigenvalue weighted by atomic mass is 16.2. The molecule has 0 spiro atoms. The van der Waals surface area contributed by atoms with Gasteiger partial charge in [0.05, 0.1) is 0 Å². The summed E-state index contributed by atoms with van der Waals surface area (Å²) in [6.45, 7) is 4.64. The van der Waals surface area contributed by atoms with Crippen LogP contribution in [0.3, 0.4) is 0 Å². The zero-order chi connectivity index (χ0) is 16.5. The highest BCUT2D eigenvalue weighted by Crippen LogP contribution is 2.28. The summed E-state index contributed by atoms with van der Waals surface area (Å²) >= 11 is 0. The van der Waals surface area contributed by atoms with Gasteiger partial charge in [-0.3, -0.25) is 9.59 Å². The molecule has 0 bridgehead atoms. The van der Waals surface area contributed by atoms with Crippen LogP contribution in [0.1, 0.15) is 36.0 Å². The van der Waals surface area contributed by atoms with Crippen molar-refractivity contribution in [2.45, 2.75) is 25.7 Å². The Morgan fingerprint density at radius 3 is 2.50 bits per heavy atom. The van der Waals surface area contributed by atoms with Crippen molar-refractivity contribution in [3.63, 3.8) is 0 Å². The maximum Gasteiger partial charge on any atom is 0.253 e. The number of benzene rings is 1. The molecule has 0 unspecified atom stereocenters. The number of carbonyl (C=O) groups is 2. The third kappa shape index (κ3) is 2.93. The number of hydrogen-bond donors (Lipinski definition) is 1. The van der Waals surface area contributed by atoms with Crippen molar-refractivity contribution in [1.82, 2.24) is 10.2 Å². The van der Waals surface area contributed by atoms with E-state index in [-0.39, 0.29) is 11.8 Å². The molecule has 24 heavy (non-hydrogen) atoms. The Bertz CT molecular complexity index is 631. The molecule has 1 aromatic rings. The van der Waals surface area contributed by atoms with Crippen LogP contribution in [0.25, 0.3) is 0 Å². The fraction of sp³-hybridized carbons (Fsp3) is 0.579. The lowest BCUT2D eigenvalue weighted by atomic mass is 9.92. The fourth-order valence-electron chi connectivity index (χ4n) is 4.33. The van der Waals surface area contributed by atoms with E-state index < -0.39 is 0 Å². The molecule has 3 heterocycles. The van der Waals surface area contributed by atoms with E-state index in [1.165, 1.54) is 0 Å². The Morgan fingerprint density at radius 1 is 1.08 bits per heavy atom. The summed E-state index contributed by atoms with van der Waals surface area (Å²) in [7, 11) is 0. The summed E-state index contributed by atoms with van der Waals surface area (Å²) in [5.41, 5.74) is 1.57. The molecule has 0 saturated carbocycles. The van der Waals surface area contributed by atoms with Crippen molar-refractivity contribution >= 4 is 17.5 Å². The van der Waals surface area contributed by atoms with E-state index in [2.05, 4.69) is 5.32 Å². The summed E-state index contributed by atoms with van der Waals surface area (Å²) in [6, 6.07) is 7.58. The first-order valence-corrected chi connectivity index (χ1v) is 9.13. The first kappa shape index (κ1) is 15.6. The Labute approximate surface area is 143 Å². The van der Waals surface area contributed by atoms with Crippen LogP contribution in [0.15, 0.2) is 24.3 Å². The molecular weight excluding hydrogens is 302 g/mol. The largest absolute Gasteiger partial charge is 0.339 e. The predicted molar refractivity (Wildman–Crippen MR) is 93.0 cm³/mol. The number of anilines is 1. The van der Waals surface area contributed by atoms with Gasteiger partial charge in [0.1, 0.15) is 0 Å². The SMILES string of the molecule is O=C(c1cccc(N2CCCC2=O)c1)N1CC[C@@H]2CNC[C@@H]2CC1. The highest BCUT2D eigenvalue weighted by molar-refractivity contribution is 5.99. The highest BCUT2D eigenvalue weighted by Gasteiger charge is 2.32. The van der Waals surface area contributed by atoms with Gasteiger partial charge in [0, 0.05) is 37.3 Å². The smallest absolute Gasteiger partial charge is 0.253 e. The van der Waals surface area contributed by atoms with E-state index in [0.29, 0.717) is 12.0 Å². The topological polar surface area (TPSA) is 52.7 Å². The number of nitrogens with zero attached hydrogens (tertiary/aromatic N) is 2. The molecule has 3 saturated heterocycles. The molecule has 2 atom stereocenters. The average molecular weight is 327 g/mol. The second-order valence-electron chi connectivity index (χ2n) is 7.25. The van der Waals surface area contributed by atoms with E-state index in [0.717, 1.165) is 69.5 Å². The van der Waals surface area contributed by atoms with Crippen LogP contribution >= 0.6 is 0 Å². The second-order valence-corrected chi connectivity index (χ2v) is 7.25. The molecule has 0 radical (unpaired) electrons. The number of amides is 2. The zero-order valence-electron chi connectivity index (χ0n) is 14.0. The molecule has 1 N–H and O–H groups in total. The van der Waals surface area contributed by atoms with Gasteiger partial charge in [-0.15, -0.1) is 0 Å². The Kier molecular flexibility index (Phi) is 4.27. The summed E-state index contributed by atoms with van der Waals surface area (Å²) in [5.74, 6) is 1.71. The molecule has 1 aromatic carbocycles. The van der Waals surface area contributed by atoms with E-state index in [1.54, 1.807) is 4.90 Å². The van der Waals surface area contributed by atoms with E-state index in [9.17, 15) is 9.59 Å². The van der Waals surface area contributed by atoms with Gasteiger partial charge in [-0.05, 0) is 62.4 Å². The van der Waals surface area contributed by atoms with Crippen LogP contribution in [-0.2, 0) is 4.79 Å². The number of rotatable bonds is 2. The second kappa shape index (κ2) is 6.55. The summed E-state index contributed by atoms with van der Waals surface area (Å²) in [4.78, 5) is 28.7. The molecule has 3 aliphatic rings. The van der Waals surface area contributed by atoms with Crippen molar-refractivity contribution in [3.8, 4) is 0 Å². The molecule has 128 valence electrons. The monoisotopic (exact) mass is 327 g/mol. The first-order chi connectivity index (χ1) is 11.7. The van der Waals surface area contributed by atoms with Gasteiger partial charge in [0.15, 0.2) is 0 Å². The maximum absolute atomic E-state index is 12.9. The van der Waals surface area contributed by atoms with Gasteiger partial charge in [-0.1, -0.05) is 6.07 Å². The number of carbonyl (C=O) groups excluding carboxylic acids is 2. The molecule has 2 amide bonds. The van der Waals surface area contributed by atoms with Crippen molar-refractivity contribution in [2.24, 2.45) is 11.8 Å². The van der Waals surface area contributed by atoms with Crippen LogP contribution in [0.5, 0.6) is 0 Å². The molecule has 3 fully saturated rings. The summed E-state index contributed by atoms with van der Waals surface area (Å²) in [5, 5.41) is 3.47. The lowest BCUT2D eigenvalue weighted by Crippen LogP contribution is -2.33. The third-order valence-corrected chi connectivity index (χ3v) is 5.78. The Balaban J connectivity index is 1.49. The van der Waals surface area contributed by atoms with Crippen LogP contribution in [-0.4, -0.2) is 49.4 Å². The van der Waals surface area contributed by atoms with Gasteiger partial charge in [0.2, 0.25) is 5.91 Å². The van der Waals surface area contributed by atoms with Gasteiger partial charge in [-0.25, -0.2) is 0 Å². The molecule has 3 aliphatic heterocycles. The van der Waals surface area contributed by atoms with Gasteiger partial charge in [0.25, 0.3) is 5.91 Å². The molecule has 5 heteroatoms. The number of fused-ring (bicyclic) bond motifs is 1. The van der Waals surface area contributed by atoms with Gasteiger partial charge < -0.3 is 15.1 Å². The summed E-state index contributed by atoms with van der Waals surface area (Å²) in [6.07, 6.45) is 3.70. The Hall–Kier alpha value is -1.88. The van der Waals surface area contributed by atoms with E-state index >= 15 is 0 Å². The minimum atomic E-state index is 0.108. The molecule has 0 aliphatic carbocycles. The minimum absolute atomic E-state index is 0.108. The quantitative estimate of drug-likeness (QED) is 0.902. The van der Waals surface area contributed by atoms with E-state index in [4.69, 9.17) is 0 Å². The molecular formula is C19H25N3O2. The molecule has 5 nitrogen and oxygen atoms in total. The number of hydrogen-bond acceptors (Lipinski definition) is 3. The fourth-order valence-corrected chi connectivity index (χ4v) is 4.33. The van der Waals surface area contributed by atoms with Crippen molar-refractivity contribution in [3.05, 3.63) is 29.8 Å². The molecule has 4 rings (SSSR count). The van der Waals surface area contributed by atoms with Gasteiger partial charge in [-0.2, -0.15) is 0 Å². The first-order valence-electron chi connectivity index (χ1n) is 9.13. The molecule has 0 aromatic heterocycles. The van der Waals surface area contributed by atoms with Crippen molar-refractivity contribution in [1.29, 1.82) is 0 Å². The predicted octanol–water partition coefficient (Wildman–Crippen LogP) is 1.88. The average Bonchev–Trinajstić information content (AvgIpc) is 3.19. The number of likely N-dealkylation sites (tertiary alicyclic amines) is 1. The lowest BCUT2D eigenvalue weighted by molar-refractivity contribution is -0.117. The lowest BCUT2D eigenvalue weighted by Gasteiger charge is -2.22. The van der Waals surface area contributed by atoms with E-state index in [1.807, 2.05) is 29.2 Å². The van der Waals surface area contributed by atoms with Crippen LogP contribution in [0.4, 0.5) is 5.69 Å². The maximum atomic E-state index is 12.9.